The number of carboxylic acids is 2. The van der Waals surface area contributed by atoms with E-state index >= 15 is 0 Å². The summed E-state index contributed by atoms with van der Waals surface area (Å²) in [7, 11) is 0. The highest BCUT2D eigenvalue weighted by Crippen LogP contribution is 2.03. The van der Waals surface area contributed by atoms with Gasteiger partial charge in [0, 0.05) is 6.42 Å². The molecule has 168 valence electrons. The molecule has 15 nitrogen and oxygen atoms in total. The normalized spacial score (nSPS) is 13.2. The minimum Gasteiger partial charge on any atom is -0.481 e. The summed E-state index contributed by atoms with van der Waals surface area (Å²) >= 11 is 0. The van der Waals surface area contributed by atoms with E-state index in [-0.39, 0.29) is 0 Å². The van der Waals surface area contributed by atoms with Gasteiger partial charge in [-0.1, -0.05) is 0 Å². The number of amides is 5. The second kappa shape index (κ2) is 12.7. The first kappa shape index (κ1) is 26.2. The first-order valence-corrected chi connectivity index (χ1v) is 8.48. The molecule has 0 bridgehead atoms. The van der Waals surface area contributed by atoms with Gasteiger partial charge in [-0.05, 0) is 6.42 Å². The van der Waals surface area contributed by atoms with Crippen molar-refractivity contribution in [2.75, 3.05) is 6.54 Å². The van der Waals surface area contributed by atoms with Crippen molar-refractivity contribution in [3.63, 3.8) is 0 Å². The van der Waals surface area contributed by atoms with E-state index in [1.165, 1.54) is 0 Å². The summed E-state index contributed by atoms with van der Waals surface area (Å²) in [6.07, 6.45) is -2.46. The molecule has 15 heteroatoms. The summed E-state index contributed by atoms with van der Waals surface area (Å²) < 4.78 is 0. The van der Waals surface area contributed by atoms with Crippen molar-refractivity contribution in [1.29, 1.82) is 0 Å². The third-order valence-corrected chi connectivity index (χ3v) is 3.54. The highest BCUT2D eigenvalue weighted by atomic mass is 16.4. The van der Waals surface area contributed by atoms with Crippen molar-refractivity contribution in [3.05, 3.63) is 0 Å². The molecule has 0 radical (unpaired) electrons. The highest BCUT2D eigenvalue weighted by molar-refractivity contribution is 5.96. The fourth-order valence-corrected chi connectivity index (χ4v) is 2.15. The van der Waals surface area contributed by atoms with Gasteiger partial charge in [0.15, 0.2) is 0 Å². The molecule has 30 heavy (non-hydrogen) atoms. The number of hydrogen-bond donors (Lipinski definition) is 8. The number of hydrogen-bond acceptors (Lipinski definition) is 8. The Morgan fingerprint density at radius 2 is 1.20 bits per heavy atom. The predicted molar refractivity (Wildman–Crippen MR) is 97.0 cm³/mol. The fourth-order valence-electron chi connectivity index (χ4n) is 2.15. The van der Waals surface area contributed by atoms with Crippen LogP contribution in [0.5, 0.6) is 0 Å². The Morgan fingerprint density at radius 3 is 1.63 bits per heavy atom. The Morgan fingerprint density at radius 1 is 0.733 bits per heavy atom. The van der Waals surface area contributed by atoms with Crippen LogP contribution in [-0.2, 0) is 33.6 Å². The summed E-state index contributed by atoms with van der Waals surface area (Å²) in [6.45, 7) is -0.515. The summed E-state index contributed by atoms with van der Waals surface area (Å²) in [5.74, 6) is -7.91. The molecule has 5 amide bonds. The number of nitrogens with two attached hydrogens (primary N) is 3. The molecular formula is C15H24N6O9. The number of rotatable bonds is 14. The molecule has 0 saturated heterocycles. The van der Waals surface area contributed by atoms with Crippen molar-refractivity contribution in [2.45, 2.75) is 43.8 Å². The van der Waals surface area contributed by atoms with Crippen LogP contribution in [-0.4, -0.2) is 76.4 Å². The summed E-state index contributed by atoms with van der Waals surface area (Å²) in [4.78, 5) is 80.3. The largest absolute Gasteiger partial charge is 0.481 e. The first-order chi connectivity index (χ1) is 13.9. The molecule has 0 spiro atoms. The first-order valence-electron chi connectivity index (χ1n) is 8.48. The van der Waals surface area contributed by atoms with E-state index < -0.39 is 91.8 Å². The van der Waals surface area contributed by atoms with Crippen LogP contribution in [0.3, 0.4) is 0 Å². The van der Waals surface area contributed by atoms with Crippen LogP contribution in [0.1, 0.15) is 25.7 Å². The number of nitrogens with one attached hydrogen (secondary N) is 3. The van der Waals surface area contributed by atoms with E-state index in [2.05, 4.69) is 10.6 Å². The van der Waals surface area contributed by atoms with E-state index in [0.29, 0.717) is 0 Å². The lowest BCUT2D eigenvalue weighted by Gasteiger charge is -2.23. The van der Waals surface area contributed by atoms with Gasteiger partial charge in [0.2, 0.25) is 29.5 Å². The molecule has 0 fully saturated rings. The number of carbonyl (C=O) groups is 7. The average Bonchev–Trinajstić information content (AvgIpc) is 2.62. The Balaban J connectivity index is 5.48. The van der Waals surface area contributed by atoms with E-state index in [9.17, 15) is 33.6 Å². The lowest BCUT2D eigenvalue weighted by molar-refractivity contribution is -0.144. The van der Waals surface area contributed by atoms with E-state index in [0.717, 1.165) is 0 Å². The number of primary amides is 2. The maximum absolute atomic E-state index is 12.4. The third-order valence-electron chi connectivity index (χ3n) is 3.54. The summed E-state index contributed by atoms with van der Waals surface area (Å²) in [6, 6.07) is -4.81. The van der Waals surface area contributed by atoms with Gasteiger partial charge >= 0.3 is 11.9 Å². The third kappa shape index (κ3) is 10.5. The average molecular weight is 432 g/mol. The summed E-state index contributed by atoms with van der Waals surface area (Å²) in [5.41, 5.74) is 15.0. The smallest absolute Gasteiger partial charge is 0.326 e. The lowest BCUT2D eigenvalue weighted by atomic mass is 10.1. The van der Waals surface area contributed by atoms with Gasteiger partial charge in [-0.2, -0.15) is 0 Å². The fraction of sp³-hybridized carbons (Fsp3) is 0.533. The van der Waals surface area contributed by atoms with Crippen LogP contribution >= 0.6 is 0 Å². The molecule has 0 aromatic rings. The highest BCUT2D eigenvalue weighted by Gasteiger charge is 2.31. The van der Waals surface area contributed by atoms with Crippen LogP contribution < -0.4 is 33.2 Å². The van der Waals surface area contributed by atoms with E-state index in [1.807, 2.05) is 5.32 Å². The van der Waals surface area contributed by atoms with Crippen LogP contribution in [0.2, 0.25) is 0 Å². The molecule has 0 aliphatic heterocycles. The molecule has 11 N–H and O–H groups in total. The van der Waals surface area contributed by atoms with Gasteiger partial charge in [0.05, 0.1) is 19.4 Å². The Labute approximate surface area is 169 Å². The predicted octanol–water partition coefficient (Wildman–Crippen LogP) is -4.90. The molecule has 0 aliphatic rings. The van der Waals surface area contributed by atoms with Crippen molar-refractivity contribution in [3.8, 4) is 0 Å². The molecule has 0 rings (SSSR count). The van der Waals surface area contributed by atoms with Crippen LogP contribution in [0.15, 0.2) is 0 Å². The minimum atomic E-state index is -1.72. The Bertz CT molecular complexity index is 711. The number of carboxylic acid groups (broad SMARTS) is 2. The molecule has 0 aromatic heterocycles. The lowest BCUT2D eigenvalue weighted by Crippen LogP contribution is -2.57. The van der Waals surface area contributed by atoms with Crippen molar-refractivity contribution < 1.29 is 43.8 Å². The molecule has 3 atom stereocenters. The maximum Gasteiger partial charge on any atom is 0.326 e. The quantitative estimate of drug-likeness (QED) is 0.129. The van der Waals surface area contributed by atoms with E-state index in [1.54, 1.807) is 0 Å². The molecule has 3 unspecified atom stereocenters. The van der Waals surface area contributed by atoms with Crippen LogP contribution in [0.25, 0.3) is 0 Å². The van der Waals surface area contributed by atoms with Crippen LogP contribution in [0, 0.1) is 0 Å². The molecule has 0 heterocycles. The summed E-state index contributed by atoms with van der Waals surface area (Å²) in [5, 5.41) is 24.1. The van der Waals surface area contributed by atoms with Gasteiger partial charge < -0.3 is 43.4 Å². The number of carbonyl (C=O) groups excluding carboxylic acids is 5. The topological polar surface area (TPSA) is 274 Å². The van der Waals surface area contributed by atoms with Gasteiger partial charge in [-0.15, -0.1) is 0 Å². The molecule has 0 aromatic carbocycles. The van der Waals surface area contributed by atoms with Crippen molar-refractivity contribution >= 4 is 41.5 Å². The van der Waals surface area contributed by atoms with Gasteiger partial charge in [-0.3, -0.25) is 28.8 Å². The molecule has 0 saturated carbocycles. The standard InChI is InChI=1S/C15H24N6O9/c16-5-11(24)19-7(3-9(17)22)14(28)20-6(1-2-12(25)26)13(27)21-8(15(29)30)4-10(18)23/h6-8H,1-5,16H2,(H2,17,22)(H2,18,23)(H,19,24)(H,20,28)(H,21,27)(H,25,26)(H,29,30). The zero-order valence-electron chi connectivity index (χ0n) is 15.8. The minimum absolute atomic E-state index is 0.468. The number of aliphatic carboxylic acids is 2. The Hall–Kier alpha value is -3.75. The van der Waals surface area contributed by atoms with Gasteiger partial charge in [-0.25, -0.2) is 4.79 Å². The SMILES string of the molecule is NCC(=O)NC(CC(N)=O)C(=O)NC(CCC(=O)O)C(=O)NC(CC(N)=O)C(=O)O. The van der Waals surface area contributed by atoms with Gasteiger partial charge in [0.1, 0.15) is 18.1 Å². The molecule has 0 aliphatic carbocycles. The zero-order chi connectivity index (χ0) is 23.4. The Kier molecular flexibility index (Phi) is 11.1. The second-order valence-corrected chi connectivity index (χ2v) is 6.06. The van der Waals surface area contributed by atoms with Gasteiger partial charge in [0.25, 0.3) is 0 Å². The van der Waals surface area contributed by atoms with Crippen molar-refractivity contribution in [2.24, 2.45) is 17.2 Å². The van der Waals surface area contributed by atoms with E-state index in [4.69, 9.17) is 27.4 Å². The second-order valence-electron chi connectivity index (χ2n) is 6.06. The zero-order valence-corrected chi connectivity index (χ0v) is 15.8. The monoisotopic (exact) mass is 432 g/mol. The van der Waals surface area contributed by atoms with Crippen LogP contribution in [0.4, 0.5) is 0 Å². The maximum atomic E-state index is 12.4. The van der Waals surface area contributed by atoms with Crippen molar-refractivity contribution in [1.82, 2.24) is 16.0 Å². The molecular weight excluding hydrogens is 408 g/mol.